The van der Waals surface area contributed by atoms with E-state index in [4.69, 9.17) is 4.52 Å². The normalized spacial score (nSPS) is 15.4. The summed E-state index contributed by atoms with van der Waals surface area (Å²) in [5.74, 6) is 1.66. The summed E-state index contributed by atoms with van der Waals surface area (Å²) in [6, 6.07) is 8.15. The van der Waals surface area contributed by atoms with Gasteiger partial charge in [0.05, 0.1) is 11.3 Å². The van der Waals surface area contributed by atoms with Crippen LogP contribution in [0.25, 0.3) is 0 Å². The minimum Gasteiger partial charge on any atom is -0.361 e. The maximum absolute atomic E-state index is 12.7. The quantitative estimate of drug-likeness (QED) is 0.802. The molecule has 2 aromatic rings. The summed E-state index contributed by atoms with van der Waals surface area (Å²) >= 11 is 1.66. The van der Waals surface area contributed by atoms with Crippen LogP contribution in [-0.2, 0) is 5.75 Å². The molecule has 1 N–H and O–H groups in total. The van der Waals surface area contributed by atoms with Gasteiger partial charge in [0.2, 0.25) is 0 Å². The summed E-state index contributed by atoms with van der Waals surface area (Å²) in [7, 11) is 0. The van der Waals surface area contributed by atoms with Crippen molar-refractivity contribution >= 4 is 17.7 Å². The lowest BCUT2D eigenvalue weighted by Gasteiger charge is -2.23. The second kappa shape index (κ2) is 7.88. The molecule has 1 aliphatic rings. The molecule has 0 unspecified atom stereocenters. The first-order valence-corrected chi connectivity index (χ1v) is 9.58. The molecule has 0 bridgehead atoms. The lowest BCUT2D eigenvalue weighted by Crippen LogP contribution is -2.36. The van der Waals surface area contributed by atoms with E-state index >= 15 is 0 Å². The van der Waals surface area contributed by atoms with E-state index in [1.165, 1.54) is 19.3 Å². The van der Waals surface area contributed by atoms with Crippen LogP contribution in [0, 0.1) is 13.8 Å². The van der Waals surface area contributed by atoms with Crippen molar-refractivity contribution in [2.24, 2.45) is 0 Å². The highest BCUT2D eigenvalue weighted by Gasteiger charge is 2.19. The summed E-state index contributed by atoms with van der Waals surface area (Å²) in [5, 5.41) is 7.20. The molecule has 0 aliphatic heterocycles. The second-order valence-corrected chi connectivity index (χ2v) is 7.41. The Hall–Kier alpha value is -1.75. The van der Waals surface area contributed by atoms with Crippen molar-refractivity contribution in [2.45, 2.75) is 62.6 Å². The molecule has 0 radical (unpaired) electrons. The van der Waals surface area contributed by atoms with Crippen LogP contribution in [0.15, 0.2) is 33.7 Å². The van der Waals surface area contributed by atoms with Crippen molar-refractivity contribution in [3.63, 3.8) is 0 Å². The van der Waals surface area contributed by atoms with Crippen molar-refractivity contribution in [2.75, 3.05) is 0 Å². The van der Waals surface area contributed by atoms with E-state index in [1.54, 1.807) is 11.8 Å². The third-order valence-corrected chi connectivity index (χ3v) is 5.73. The zero-order valence-electron chi connectivity index (χ0n) is 14.3. The Bertz CT molecular complexity index is 686. The van der Waals surface area contributed by atoms with Crippen LogP contribution in [0.1, 0.15) is 59.5 Å². The van der Waals surface area contributed by atoms with E-state index in [0.717, 1.165) is 46.1 Å². The number of thioether (sulfide) groups is 1. The molecule has 1 aromatic heterocycles. The molecule has 1 saturated carbocycles. The van der Waals surface area contributed by atoms with Gasteiger partial charge in [-0.1, -0.05) is 36.6 Å². The van der Waals surface area contributed by atoms with Crippen LogP contribution >= 0.6 is 11.8 Å². The van der Waals surface area contributed by atoms with E-state index < -0.39 is 0 Å². The highest BCUT2D eigenvalue weighted by atomic mass is 32.2. The maximum Gasteiger partial charge on any atom is 0.252 e. The first-order chi connectivity index (χ1) is 11.6. The SMILES string of the molecule is Cc1noc(C)c1CSc1ccccc1C(=O)NC1CCCCC1. The molecule has 0 atom stereocenters. The van der Waals surface area contributed by atoms with Crippen LogP contribution in [0.5, 0.6) is 0 Å². The molecule has 1 fully saturated rings. The van der Waals surface area contributed by atoms with Gasteiger partial charge in [0.1, 0.15) is 5.76 Å². The van der Waals surface area contributed by atoms with Crippen molar-refractivity contribution < 1.29 is 9.32 Å². The molecule has 1 aromatic carbocycles. The van der Waals surface area contributed by atoms with Gasteiger partial charge in [-0.15, -0.1) is 11.8 Å². The van der Waals surface area contributed by atoms with Gasteiger partial charge in [-0.05, 0) is 38.8 Å². The molecule has 0 saturated heterocycles. The third kappa shape index (κ3) is 4.01. The first kappa shape index (κ1) is 17.1. The summed E-state index contributed by atoms with van der Waals surface area (Å²) in [4.78, 5) is 13.7. The highest BCUT2D eigenvalue weighted by Crippen LogP contribution is 2.29. The van der Waals surface area contributed by atoms with Gasteiger partial charge < -0.3 is 9.84 Å². The topological polar surface area (TPSA) is 55.1 Å². The zero-order valence-corrected chi connectivity index (χ0v) is 15.1. The Labute approximate surface area is 147 Å². The lowest BCUT2D eigenvalue weighted by atomic mass is 9.95. The molecule has 1 heterocycles. The molecule has 1 amide bonds. The van der Waals surface area contributed by atoms with E-state index in [2.05, 4.69) is 10.5 Å². The van der Waals surface area contributed by atoms with Gasteiger partial charge in [-0.3, -0.25) is 4.79 Å². The van der Waals surface area contributed by atoms with Crippen molar-refractivity contribution in [1.29, 1.82) is 0 Å². The predicted octanol–water partition coefficient (Wildman–Crippen LogP) is 4.65. The number of benzene rings is 1. The molecule has 5 heteroatoms. The molecular formula is C19H24N2O2S. The molecular weight excluding hydrogens is 320 g/mol. The van der Waals surface area contributed by atoms with Crippen LogP contribution in [0.4, 0.5) is 0 Å². The van der Waals surface area contributed by atoms with Crippen LogP contribution in [-0.4, -0.2) is 17.1 Å². The molecule has 4 nitrogen and oxygen atoms in total. The van der Waals surface area contributed by atoms with Gasteiger partial charge in [0.25, 0.3) is 5.91 Å². The molecule has 24 heavy (non-hydrogen) atoms. The Morgan fingerprint density at radius 3 is 2.71 bits per heavy atom. The minimum absolute atomic E-state index is 0.0452. The maximum atomic E-state index is 12.7. The second-order valence-electron chi connectivity index (χ2n) is 6.40. The van der Waals surface area contributed by atoms with Crippen LogP contribution in [0.2, 0.25) is 0 Å². The van der Waals surface area contributed by atoms with Crippen molar-refractivity contribution in [3.05, 3.63) is 46.8 Å². The summed E-state index contributed by atoms with van der Waals surface area (Å²) in [6.45, 7) is 3.88. The minimum atomic E-state index is 0.0452. The Balaban J connectivity index is 1.69. The average Bonchev–Trinajstić information content (AvgIpc) is 2.92. The van der Waals surface area contributed by atoms with E-state index in [1.807, 2.05) is 38.1 Å². The number of amides is 1. The van der Waals surface area contributed by atoms with Crippen LogP contribution < -0.4 is 5.32 Å². The number of carbonyl (C=O) groups is 1. The van der Waals surface area contributed by atoms with Gasteiger partial charge in [-0.2, -0.15) is 0 Å². The highest BCUT2D eigenvalue weighted by molar-refractivity contribution is 7.98. The standard InChI is InChI=1S/C19H24N2O2S/c1-13-17(14(2)23-21-13)12-24-18-11-7-6-10-16(18)19(22)20-15-8-4-3-5-9-15/h6-7,10-11,15H,3-5,8-9,12H2,1-2H3,(H,20,22). The molecule has 128 valence electrons. The lowest BCUT2D eigenvalue weighted by molar-refractivity contribution is 0.0924. The largest absolute Gasteiger partial charge is 0.361 e. The van der Waals surface area contributed by atoms with E-state index in [0.29, 0.717) is 6.04 Å². The molecule has 1 aliphatic carbocycles. The number of hydrogen-bond acceptors (Lipinski definition) is 4. The Kier molecular flexibility index (Phi) is 5.61. The molecule has 3 rings (SSSR count). The summed E-state index contributed by atoms with van der Waals surface area (Å²) in [5.41, 5.74) is 2.80. The van der Waals surface area contributed by atoms with Gasteiger partial charge in [-0.25, -0.2) is 0 Å². The van der Waals surface area contributed by atoms with E-state index in [-0.39, 0.29) is 5.91 Å². The van der Waals surface area contributed by atoms with Gasteiger partial charge in [0.15, 0.2) is 0 Å². The molecule has 0 spiro atoms. The van der Waals surface area contributed by atoms with Gasteiger partial charge in [0, 0.05) is 22.3 Å². The van der Waals surface area contributed by atoms with Crippen LogP contribution in [0.3, 0.4) is 0 Å². The van der Waals surface area contributed by atoms with Gasteiger partial charge >= 0.3 is 0 Å². The smallest absolute Gasteiger partial charge is 0.252 e. The number of rotatable bonds is 5. The number of carbonyl (C=O) groups excluding carboxylic acids is 1. The Morgan fingerprint density at radius 1 is 1.25 bits per heavy atom. The summed E-state index contributed by atoms with van der Waals surface area (Å²) < 4.78 is 5.22. The number of nitrogens with zero attached hydrogens (tertiary/aromatic N) is 1. The number of nitrogens with one attached hydrogen (secondary N) is 1. The van der Waals surface area contributed by atoms with Crippen molar-refractivity contribution in [1.82, 2.24) is 10.5 Å². The third-order valence-electron chi connectivity index (χ3n) is 4.63. The average molecular weight is 344 g/mol. The fourth-order valence-corrected chi connectivity index (χ4v) is 4.35. The Morgan fingerprint density at radius 2 is 2.00 bits per heavy atom. The fourth-order valence-electron chi connectivity index (χ4n) is 3.15. The fraction of sp³-hybridized carbons (Fsp3) is 0.474. The number of aromatic nitrogens is 1. The van der Waals surface area contributed by atoms with Crippen molar-refractivity contribution in [3.8, 4) is 0 Å². The summed E-state index contributed by atoms with van der Waals surface area (Å²) in [6.07, 6.45) is 5.91. The number of aryl methyl sites for hydroxylation is 2. The predicted molar refractivity (Wildman–Crippen MR) is 96.3 cm³/mol. The first-order valence-electron chi connectivity index (χ1n) is 8.59. The zero-order chi connectivity index (χ0) is 16.9. The number of hydrogen-bond donors (Lipinski definition) is 1. The van der Waals surface area contributed by atoms with E-state index in [9.17, 15) is 4.79 Å². The monoisotopic (exact) mass is 344 g/mol.